The summed E-state index contributed by atoms with van der Waals surface area (Å²) in [5.41, 5.74) is 2.91. The summed E-state index contributed by atoms with van der Waals surface area (Å²) in [4.78, 5) is 24.0. The van der Waals surface area contributed by atoms with Gasteiger partial charge < -0.3 is 16.0 Å². The molecule has 1 fully saturated rings. The highest BCUT2D eigenvalue weighted by Crippen LogP contribution is 2.26. The molecule has 1 aromatic heterocycles. The molecule has 7 nitrogen and oxygen atoms in total. The van der Waals surface area contributed by atoms with Crippen LogP contribution in [0.1, 0.15) is 41.4 Å². The van der Waals surface area contributed by atoms with Gasteiger partial charge in [0, 0.05) is 30.5 Å². The van der Waals surface area contributed by atoms with Crippen molar-refractivity contribution in [3.63, 3.8) is 0 Å². The standard InChI is InChI=1S/C18H21N5O2.ClH/c24-17-6-4-12-3-5-13(10-16(12)21-17)20-18(25)15-7-9-23(22-15)14-2-1-8-19-11-14;/h3,5,7,9-10,14,19H,1-2,4,6,8,11H2,(H,20,25)(H,21,24);1H. The second-order valence-corrected chi connectivity index (χ2v) is 6.56. The van der Waals surface area contributed by atoms with Crippen LogP contribution in [0.5, 0.6) is 0 Å². The Morgan fingerprint density at radius 1 is 1.27 bits per heavy atom. The van der Waals surface area contributed by atoms with E-state index in [1.165, 1.54) is 0 Å². The summed E-state index contributed by atoms with van der Waals surface area (Å²) in [7, 11) is 0. The molecule has 1 unspecified atom stereocenters. The zero-order valence-electron chi connectivity index (χ0n) is 14.3. The lowest BCUT2D eigenvalue weighted by molar-refractivity contribution is -0.116. The molecule has 138 valence electrons. The summed E-state index contributed by atoms with van der Waals surface area (Å²) < 4.78 is 1.87. The smallest absolute Gasteiger partial charge is 0.276 e. The van der Waals surface area contributed by atoms with E-state index in [0.717, 1.165) is 43.6 Å². The minimum absolute atomic E-state index is 0. The van der Waals surface area contributed by atoms with Gasteiger partial charge in [-0.3, -0.25) is 14.3 Å². The molecule has 0 aliphatic carbocycles. The number of fused-ring (bicyclic) bond motifs is 1. The van der Waals surface area contributed by atoms with Crippen LogP contribution in [0, 0.1) is 0 Å². The lowest BCUT2D eigenvalue weighted by Gasteiger charge is -2.22. The summed E-state index contributed by atoms with van der Waals surface area (Å²) in [5, 5.41) is 13.5. The maximum Gasteiger partial charge on any atom is 0.276 e. The minimum Gasteiger partial charge on any atom is -0.326 e. The number of hydrogen-bond acceptors (Lipinski definition) is 4. The van der Waals surface area contributed by atoms with Gasteiger partial charge in [0.15, 0.2) is 5.69 Å². The van der Waals surface area contributed by atoms with Crippen LogP contribution in [0.3, 0.4) is 0 Å². The molecule has 2 aliphatic heterocycles. The number of nitrogens with zero attached hydrogens (tertiary/aromatic N) is 2. The summed E-state index contributed by atoms with van der Waals surface area (Å²) in [5.74, 6) is -0.236. The first kappa shape index (κ1) is 18.4. The number of carbonyl (C=O) groups excluding carboxylic acids is 2. The molecule has 0 bridgehead atoms. The third-order valence-electron chi connectivity index (χ3n) is 4.75. The Kier molecular flexibility index (Phi) is 5.58. The Hall–Kier alpha value is -2.38. The first-order chi connectivity index (χ1) is 12.2. The molecule has 8 heteroatoms. The maximum atomic E-state index is 12.5. The van der Waals surface area contributed by atoms with Crippen LogP contribution >= 0.6 is 12.4 Å². The van der Waals surface area contributed by atoms with E-state index in [1.54, 1.807) is 12.1 Å². The molecule has 0 saturated carbocycles. The third-order valence-corrected chi connectivity index (χ3v) is 4.75. The summed E-state index contributed by atoms with van der Waals surface area (Å²) in [6.45, 7) is 1.92. The number of benzene rings is 1. The van der Waals surface area contributed by atoms with Crippen molar-refractivity contribution in [3.8, 4) is 0 Å². The van der Waals surface area contributed by atoms with Crippen LogP contribution in [-0.2, 0) is 11.2 Å². The molecule has 4 rings (SSSR count). The van der Waals surface area contributed by atoms with Crippen molar-refractivity contribution < 1.29 is 9.59 Å². The van der Waals surface area contributed by atoms with E-state index in [-0.39, 0.29) is 24.2 Å². The van der Waals surface area contributed by atoms with E-state index in [9.17, 15) is 9.59 Å². The highest BCUT2D eigenvalue weighted by Gasteiger charge is 2.19. The molecule has 0 radical (unpaired) electrons. The van der Waals surface area contributed by atoms with Gasteiger partial charge in [-0.05, 0) is 49.6 Å². The number of carbonyl (C=O) groups is 2. The highest BCUT2D eigenvalue weighted by molar-refractivity contribution is 6.03. The average Bonchev–Trinajstić information content (AvgIpc) is 3.12. The number of amides is 2. The van der Waals surface area contributed by atoms with Gasteiger partial charge in [0.2, 0.25) is 5.91 Å². The lowest BCUT2D eigenvalue weighted by atomic mass is 10.0. The molecule has 2 aromatic rings. The van der Waals surface area contributed by atoms with Crippen LogP contribution in [-0.4, -0.2) is 34.7 Å². The Labute approximate surface area is 157 Å². The van der Waals surface area contributed by atoms with Gasteiger partial charge >= 0.3 is 0 Å². The Morgan fingerprint density at radius 2 is 2.15 bits per heavy atom. The van der Waals surface area contributed by atoms with Gasteiger partial charge in [-0.2, -0.15) is 5.10 Å². The van der Waals surface area contributed by atoms with Gasteiger partial charge in [-0.25, -0.2) is 0 Å². The van der Waals surface area contributed by atoms with Gasteiger partial charge in [0.1, 0.15) is 0 Å². The number of aromatic nitrogens is 2. The fourth-order valence-electron chi connectivity index (χ4n) is 3.37. The third kappa shape index (κ3) is 3.89. The largest absolute Gasteiger partial charge is 0.326 e. The zero-order valence-corrected chi connectivity index (χ0v) is 15.1. The van der Waals surface area contributed by atoms with Crippen molar-refractivity contribution in [1.82, 2.24) is 15.1 Å². The Balaban J connectivity index is 0.00000196. The van der Waals surface area contributed by atoms with E-state index in [4.69, 9.17) is 0 Å². The van der Waals surface area contributed by atoms with Crippen molar-refractivity contribution in [2.45, 2.75) is 31.7 Å². The Bertz CT molecular complexity index is 814. The molecule has 1 atom stereocenters. The number of hydrogen-bond donors (Lipinski definition) is 3. The first-order valence-electron chi connectivity index (χ1n) is 8.69. The van der Waals surface area contributed by atoms with Crippen molar-refractivity contribution in [1.29, 1.82) is 0 Å². The molecule has 2 amide bonds. The van der Waals surface area contributed by atoms with Crippen LogP contribution in [0.15, 0.2) is 30.5 Å². The van der Waals surface area contributed by atoms with Crippen molar-refractivity contribution in [2.24, 2.45) is 0 Å². The minimum atomic E-state index is -0.246. The lowest BCUT2D eigenvalue weighted by Crippen LogP contribution is -2.32. The van der Waals surface area contributed by atoms with E-state index in [1.807, 2.05) is 23.0 Å². The van der Waals surface area contributed by atoms with Gasteiger partial charge in [-0.1, -0.05) is 6.07 Å². The topological polar surface area (TPSA) is 88.1 Å². The summed E-state index contributed by atoms with van der Waals surface area (Å²) >= 11 is 0. The molecule has 1 saturated heterocycles. The monoisotopic (exact) mass is 375 g/mol. The van der Waals surface area contributed by atoms with Crippen molar-refractivity contribution in [2.75, 3.05) is 23.7 Å². The molecule has 0 spiro atoms. The quantitative estimate of drug-likeness (QED) is 0.768. The predicted molar refractivity (Wildman–Crippen MR) is 102 cm³/mol. The molecule has 26 heavy (non-hydrogen) atoms. The van der Waals surface area contributed by atoms with E-state index in [2.05, 4.69) is 21.0 Å². The van der Waals surface area contributed by atoms with Crippen LogP contribution < -0.4 is 16.0 Å². The van der Waals surface area contributed by atoms with E-state index in [0.29, 0.717) is 23.8 Å². The van der Waals surface area contributed by atoms with Gasteiger partial charge in [0.05, 0.1) is 6.04 Å². The maximum absolute atomic E-state index is 12.5. The number of piperidine rings is 1. The summed E-state index contributed by atoms with van der Waals surface area (Å²) in [6, 6.07) is 7.64. The number of halogens is 1. The zero-order chi connectivity index (χ0) is 17.2. The Morgan fingerprint density at radius 3 is 2.96 bits per heavy atom. The average molecular weight is 376 g/mol. The first-order valence-corrected chi connectivity index (χ1v) is 8.69. The number of aryl methyl sites for hydroxylation is 1. The molecule has 1 aromatic carbocycles. The predicted octanol–water partition coefficient (Wildman–Crippen LogP) is 2.37. The normalized spacial score (nSPS) is 19.1. The van der Waals surface area contributed by atoms with Gasteiger partial charge in [-0.15, -0.1) is 12.4 Å². The van der Waals surface area contributed by atoms with E-state index < -0.39 is 0 Å². The second-order valence-electron chi connectivity index (χ2n) is 6.56. The molecular weight excluding hydrogens is 354 g/mol. The SMILES string of the molecule is Cl.O=C1CCc2ccc(NC(=O)c3ccn(C4CCCNC4)n3)cc2N1. The molecule has 3 N–H and O–H groups in total. The fourth-order valence-corrected chi connectivity index (χ4v) is 3.37. The van der Waals surface area contributed by atoms with Crippen LogP contribution in [0.25, 0.3) is 0 Å². The van der Waals surface area contributed by atoms with Crippen LogP contribution in [0.4, 0.5) is 11.4 Å². The van der Waals surface area contributed by atoms with Crippen molar-refractivity contribution >= 4 is 35.6 Å². The number of anilines is 2. The fraction of sp³-hybridized carbons (Fsp3) is 0.389. The highest BCUT2D eigenvalue weighted by atomic mass is 35.5. The molecular formula is C18H22ClN5O2. The van der Waals surface area contributed by atoms with E-state index >= 15 is 0 Å². The van der Waals surface area contributed by atoms with Gasteiger partial charge in [0.25, 0.3) is 5.91 Å². The number of rotatable bonds is 3. The van der Waals surface area contributed by atoms with Crippen LogP contribution in [0.2, 0.25) is 0 Å². The second kappa shape index (κ2) is 7.88. The molecule has 2 aliphatic rings. The summed E-state index contributed by atoms with van der Waals surface area (Å²) in [6.07, 6.45) is 5.29. The molecule has 3 heterocycles. The van der Waals surface area contributed by atoms with Crippen molar-refractivity contribution in [3.05, 3.63) is 41.7 Å². The number of nitrogens with one attached hydrogen (secondary N) is 3.